The number of nitrogens with one attached hydrogen (secondary N) is 1. The summed E-state index contributed by atoms with van der Waals surface area (Å²) in [5, 5.41) is 2.85. The van der Waals surface area contributed by atoms with E-state index >= 15 is 0 Å². The Balaban J connectivity index is 1.88. The third kappa shape index (κ3) is 2.77. The fraction of sp³-hybridized carbons (Fsp3) is 0.263. The first-order chi connectivity index (χ1) is 11.0. The highest BCUT2D eigenvalue weighted by Gasteiger charge is 2.47. The molecule has 0 heterocycles. The first kappa shape index (κ1) is 15.4. The van der Waals surface area contributed by atoms with E-state index in [-0.39, 0.29) is 17.5 Å². The van der Waals surface area contributed by atoms with Crippen molar-refractivity contribution in [2.75, 3.05) is 5.32 Å². The predicted octanol–water partition coefficient (Wildman–Crippen LogP) is 4.09. The van der Waals surface area contributed by atoms with Crippen molar-refractivity contribution >= 4 is 17.4 Å². The van der Waals surface area contributed by atoms with E-state index in [2.05, 4.69) is 5.32 Å². The van der Waals surface area contributed by atoms with Crippen LogP contribution in [0.1, 0.15) is 42.1 Å². The molecule has 0 unspecified atom stereocenters. The molecule has 4 heteroatoms. The van der Waals surface area contributed by atoms with Crippen LogP contribution in [0.5, 0.6) is 0 Å². The van der Waals surface area contributed by atoms with Crippen LogP contribution < -0.4 is 5.32 Å². The second-order valence-corrected chi connectivity index (χ2v) is 6.01. The van der Waals surface area contributed by atoms with E-state index in [1.807, 2.05) is 0 Å². The van der Waals surface area contributed by atoms with Gasteiger partial charge in [-0.3, -0.25) is 9.59 Å². The lowest BCUT2D eigenvalue weighted by Crippen LogP contribution is -2.46. The normalized spacial score (nSPS) is 15.6. The minimum absolute atomic E-state index is 0.0615. The van der Waals surface area contributed by atoms with Crippen LogP contribution in [0, 0.1) is 5.82 Å². The lowest BCUT2D eigenvalue weighted by atomic mass is 9.63. The summed E-state index contributed by atoms with van der Waals surface area (Å²) in [5.74, 6) is -0.622. The van der Waals surface area contributed by atoms with Crippen molar-refractivity contribution in [3.8, 4) is 0 Å². The number of amides is 1. The Labute approximate surface area is 134 Å². The number of carbonyl (C=O) groups is 2. The summed E-state index contributed by atoms with van der Waals surface area (Å²) < 4.78 is 14.2. The zero-order chi connectivity index (χ0) is 16.4. The van der Waals surface area contributed by atoms with Gasteiger partial charge in [0.1, 0.15) is 5.82 Å². The Morgan fingerprint density at radius 2 is 1.83 bits per heavy atom. The highest BCUT2D eigenvalue weighted by Crippen LogP contribution is 2.45. The fourth-order valence-corrected chi connectivity index (χ4v) is 3.07. The monoisotopic (exact) mass is 311 g/mol. The first-order valence-electron chi connectivity index (χ1n) is 7.70. The summed E-state index contributed by atoms with van der Waals surface area (Å²) in [4.78, 5) is 24.2. The van der Waals surface area contributed by atoms with Crippen molar-refractivity contribution in [2.45, 2.75) is 31.6 Å². The highest BCUT2D eigenvalue weighted by atomic mass is 19.1. The Morgan fingerprint density at radius 3 is 2.43 bits per heavy atom. The zero-order valence-electron chi connectivity index (χ0n) is 12.9. The average Bonchev–Trinajstić information content (AvgIpc) is 2.48. The molecular weight excluding hydrogens is 293 g/mol. The van der Waals surface area contributed by atoms with Gasteiger partial charge in [-0.05, 0) is 38.0 Å². The molecule has 0 saturated heterocycles. The van der Waals surface area contributed by atoms with E-state index in [4.69, 9.17) is 0 Å². The van der Waals surface area contributed by atoms with Crippen LogP contribution in [-0.2, 0) is 10.2 Å². The van der Waals surface area contributed by atoms with E-state index in [1.54, 1.807) is 42.5 Å². The number of hydrogen-bond donors (Lipinski definition) is 1. The van der Waals surface area contributed by atoms with Gasteiger partial charge < -0.3 is 5.32 Å². The van der Waals surface area contributed by atoms with Crippen LogP contribution in [0.25, 0.3) is 0 Å². The Kier molecular flexibility index (Phi) is 3.99. The molecule has 118 valence electrons. The number of halogens is 1. The molecule has 2 aromatic rings. The molecule has 0 bridgehead atoms. The summed E-state index contributed by atoms with van der Waals surface area (Å²) in [7, 11) is 0. The number of Topliss-reactive ketones (excluding diaryl/α,β-unsaturated/α-hetero) is 1. The molecule has 1 saturated carbocycles. The third-order valence-corrected chi connectivity index (χ3v) is 4.56. The van der Waals surface area contributed by atoms with Gasteiger partial charge >= 0.3 is 0 Å². The van der Waals surface area contributed by atoms with E-state index in [0.717, 1.165) is 6.42 Å². The largest absolute Gasteiger partial charge is 0.325 e. The molecule has 0 spiro atoms. The lowest BCUT2D eigenvalue weighted by molar-refractivity contribution is -0.124. The topological polar surface area (TPSA) is 46.2 Å². The van der Waals surface area contributed by atoms with Gasteiger partial charge in [0, 0.05) is 16.8 Å². The van der Waals surface area contributed by atoms with Crippen LogP contribution in [0.2, 0.25) is 0 Å². The van der Waals surface area contributed by atoms with Crippen LogP contribution in [-0.4, -0.2) is 11.7 Å². The Morgan fingerprint density at radius 1 is 1.09 bits per heavy atom. The van der Waals surface area contributed by atoms with Gasteiger partial charge in [0.2, 0.25) is 5.91 Å². The summed E-state index contributed by atoms with van der Waals surface area (Å²) in [6, 6.07) is 13.3. The molecule has 1 aliphatic rings. The van der Waals surface area contributed by atoms with Crippen molar-refractivity contribution in [3.63, 3.8) is 0 Å². The van der Waals surface area contributed by atoms with Crippen molar-refractivity contribution in [3.05, 3.63) is 65.5 Å². The lowest BCUT2D eigenvalue weighted by Gasteiger charge is -2.40. The van der Waals surface area contributed by atoms with Gasteiger partial charge in [-0.1, -0.05) is 36.8 Å². The number of hydrogen-bond acceptors (Lipinski definition) is 2. The SMILES string of the molecule is CC(=O)c1cccc(NC(=O)C2(c3ccccc3F)CCC2)c1. The number of benzene rings is 2. The maximum Gasteiger partial charge on any atom is 0.235 e. The third-order valence-electron chi connectivity index (χ3n) is 4.56. The minimum Gasteiger partial charge on any atom is -0.325 e. The predicted molar refractivity (Wildman–Crippen MR) is 87.0 cm³/mol. The Hall–Kier alpha value is -2.49. The van der Waals surface area contributed by atoms with Crippen LogP contribution in [0.4, 0.5) is 10.1 Å². The van der Waals surface area contributed by atoms with Gasteiger partial charge in [-0.2, -0.15) is 0 Å². The van der Waals surface area contributed by atoms with Crippen LogP contribution >= 0.6 is 0 Å². The second-order valence-electron chi connectivity index (χ2n) is 6.01. The summed E-state index contributed by atoms with van der Waals surface area (Å²) >= 11 is 0. The summed E-state index contributed by atoms with van der Waals surface area (Å²) in [5.41, 5.74) is 0.741. The molecule has 23 heavy (non-hydrogen) atoms. The molecule has 3 rings (SSSR count). The molecule has 1 amide bonds. The molecule has 0 atom stereocenters. The summed E-state index contributed by atoms with van der Waals surface area (Å²) in [6.45, 7) is 1.48. The maximum absolute atomic E-state index is 14.2. The fourth-order valence-electron chi connectivity index (χ4n) is 3.07. The molecule has 2 aromatic carbocycles. The highest BCUT2D eigenvalue weighted by molar-refractivity contribution is 6.01. The van der Waals surface area contributed by atoms with Crippen molar-refractivity contribution in [2.24, 2.45) is 0 Å². The van der Waals surface area contributed by atoms with Crippen molar-refractivity contribution < 1.29 is 14.0 Å². The standard InChI is InChI=1S/C19H18FNO2/c1-13(22)14-6-4-7-15(12-14)21-18(23)19(10-5-11-19)16-8-2-3-9-17(16)20/h2-4,6-9,12H,5,10-11H2,1H3,(H,21,23). The molecule has 0 aliphatic heterocycles. The number of ketones is 1. The van der Waals surface area contributed by atoms with Crippen LogP contribution in [0.15, 0.2) is 48.5 Å². The minimum atomic E-state index is -0.808. The molecule has 0 aromatic heterocycles. The van der Waals surface area contributed by atoms with Gasteiger partial charge in [-0.15, -0.1) is 0 Å². The van der Waals surface area contributed by atoms with Gasteiger partial charge in [0.15, 0.2) is 5.78 Å². The molecule has 1 aliphatic carbocycles. The summed E-state index contributed by atoms with van der Waals surface area (Å²) in [6.07, 6.45) is 2.16. The Bertz CT molecular complexity index is 765. The van der Waals surface area contributed by atoms with Gasteiger partial charge in [0.25, 0.3) is 0 Å². The maximum atomic E-state index is 14.2. The first-order valence-corrected chi connectivity index (χ1v) is 7.70. The number of anilines is 1. The molecule has 0 radical (unpaired) electrons. The second kappa shape index (κ2) is 5.95. The van der Waals surface area contributed by atoms with E-state index in [9.17, 15) is 14.0 Å². The van der Waals surface area contributed by atoms with E-state index in [1.165, 1.54) is 13.0 Å². The smallest absolute Gasteiger partial charge is 0.235 e. The van der Waals surface area contributed by atoms with Gasteiger partial charge in [0.05, 0.1) is 5.41 Å². The van der Waals surface area contributed by atoms with Crippen molar-refractivity contribution in [1.29, 1.82) is 0 Å². The number of carbonyl (C=O) groups excluding carboxylic acids is 2. The van der Waals surface area contributed by atoms with Crippen molar-refractivity contribution in [1.82, 2.24) is 0 Å². The zero-order valence-corrected chi connectivity index (χ0v) is 12.9. The molecule has 3 nitrogen and oxygen atoms in total. The molecule has 1 fully saturated rings. The van der Waals surface area contributed by atoms with E-state index in [0.29, 0.717) is 29.7 Å². The quantitative estimate of drug-likeness (QED) is 0.865. The van der Waals surface area contributed by atoms with Crippen LogP contribution in [0.3, 0.4) is 0 Å². The molecular formula is C19H18FNO2. The number of rotatable bonds is 4. The molecule has 1 N–H and O–H groups in total. The van der Waals surface area contributed by atoms with E-state index < -0.39 is 5.41 Å². The van der Waals surface area contributed by atoms with Gasteiger partial charge in [-0.25, -0.2) is 4.39 Å². The average molecular weight is 311 g/mol.